The molecule has 0 spiro atoms. The fourth-order valence-electron chi connectivity index (χ4n) is 2.45. The summed E-state index contributed by atoms with van der Waals surface area (Å²) in [5.41, 5.74) is 2.35. The molecule has 1 N–H and O–H groups in total. The molecule has 0 aliphatic carbocycles. The molecule has 1 aromatic carbocycles. The summed E-state index contributed by atoms with van der Waals surface area (Å²) < 4.78 is 4.94. The second-order valence-corrected chi connectivity index (χ2v) is 6.63. The van der Waals surface area contributed by atoms with Crippen molar-refractivity contribution in [2.75, 3.05) is 30.5 Å². The molecule has 0 fully saturated rings. The van der Waals surface area contributed by atoms with Crippen molar-refractivity contribution in [3.63, 3.8) is 0 Å². The molecule has 22 heavy (non-hydrogen) atoms. The van der Waals surface area contributed by atoms with Gasteiger partial charge in [-0.3, -0.25) is 9.59 Å². The fraction of sp³-hybridized carbons (Fsp3) is 0.529. The van der Waals surface area contributed by atoms with E-state index in [2.05, 4.69) is 5.32 Å². The van der Waals surface area contributed by atoms with E-state index in [1.807, 2.05) is 39.0 Å². The van der Waals surface area contributed by atoms with Crippen LogP contribution < -0.4 is 10.2 Å². The van der Waals surface area contributed by atoms with Gasteiger partial charge in [0.05, 0.1) is 0 Å². The van der Waals surface area contributed by atoms with Crippen molar-refractivity contribution >= 4 is 23.2 Å². The van der Waals surface area contributed by atoms with Gasteiger partial charge in [0.1, 0.15) is 6.61 Å². The maximum absolute atomic E-state index is 12.1. The number of aryl methyl sites for hydroxylation is 1. The first kappa shape index (κ1) is 16.5. The van der Waals surface area contributed by atoms with E-state index in [-0.39, 0.29) is 18.4 Å². The Balaban J connectivity index is 2.21. The van der Waals surface area contributed by atoms with Crippen LogP contribution in [0.25, 0.3) is 0 Å². The predicted octanol–water partition coefficient (Wildman–Crippen LogP) is 2.60. The molecule has 120 valence electrons. The Kier molecular flexibility index (Phi) is 4.86. The van der Waals surface area contributed by atoms with Crippen LogP contribution in [0.5, 0.6) is 0 Å². The molecule has 5 nitrogen and oxygen atoms in total. The lowest BCUT2D eigenvalue weighted by molar-refractivity contribution is -0.123. The van der Waals surface area contributed by atoms with Crippen LogP contribution in [0.15, 0.2) is 18.2 Å². The molecule has 0 saturated heterocycles. The maximum Gasteiger partial charge on any atom is 0.252 e. The number of methoxy groups -OCH3 is 1. The number of rotatable bonds is 3. The average molecular weight is 304 g/mol. The zero-order valence-electron chi connectivity index (χ0n) is 13.7. The molecule has 0 radical (unpaired) electrons. The molecule has 2 amide bonds. The van der Waals surface area contributed by atoms with Gasteiger partial charge >= 0.3 is 0 Å². The average Bonchev–Trinajstić information content (AvgIpc) is 2.45. The monoisotopic (exact) mass is 304 g/mol. The molecule has 0 unspecified atom stereocenters. The van der Waals surface area contributed by atoms with Gasteiger partial charge in [-0.25, -0.2) is 0 Å². The van der Waals surface area contributed by atoms with Gasteiger partial charge in [0.2, 0.25) is 5.91 Å². The molecular formula is C17H24N2O3. The number of anilines is 2. The third-order valence-electron chi connectivity index (χ3n) is 3.71. The van der Waals surface area contributed by atoms with E-state index in [1.54, 1.807) is 4.90 Å². The number of nitrogens with one attached hydrogen (secondary N) is 1. The molecule has 0 saturated carbocycles. The van der Waals surface area contributed by atoms with Crippen molar-refractivity contribution in [3.8, 4) is 0 Å². The van der Waals surface area contributed by atoms with E-state index in [1.165, 1.54) is 7.11 Å². The van der Waals surface area contributed by atoms with Gasteiger partial charge in [0.15, 0.2) is 0 Å². The third kappa shape index (κ3) is 3.65. The zero-order valence-corrected chi connectivity index (χ0v) is 13.7. The van der Waals surface area contributed by atoms with Crippen molar-refractivity contribution in [1.82, 2.24) is 0 Å². The van der Waals surface area contributed by atoms with Gasteiger partial charge in [-0.1, -0.05) is 20.8 Å². The number of carbonyl (C=O) groups excluding carboxylic acids is 2. The van der Waals surface area contributed by atoms with E-state index in [0.29, 0.717) is 6.54 Å². The summed E-state index contributed by atoms with van der Waals surface area (Å²) in [6, 6.07) is 5.71. The largest absolute Gasteiger partial charge is 0.375 e. The van der Waals surface area contributed by atoms with Crippen LogP contribution in [0.3, 0.4) is 0 Å². The number of nitrogens with zero attached hydrogens (tertiary/aromatic N) is 1. The Morgan fingerprint density at radius 3 is 2.68 bits per heavy atom. The lowest BCUT2D eigenvalue weighted by Crippen LogP contribution is -2.37. The standard InChI is InChI=1S/C17H24N2O3/c1-17(2,3)16(21)18-13-7-8-14-12(10-13)6-5-9-19(14)15(20)11-22-4/h7-8,10H,5-6,9,11H2,1-4H3,(H,18,21). The minimum atomic E-state index is -0.434. The highest BCUT2D eigenvalue weighted by Gasteiger charge is 2.24. The molecule has 0 atom stereocenters. The van der Waals surface area contributed by atoms with Gasteiger partial charge in [-0.05, 0) is 36.6 Å². The highest BCUT2D eigenvalue weighted by atomic mass is 16.5. The molecule has 2 rings (SSSR count). The quantitative estimate of drug-likeness (QED) is 0.934. The van der Waals surface area contributed by atoms with Gasteiger partial charge in [-0.15, -0.1) is 0 Å². The maximum atomic E-state index is 12.1. The first-order valence-electron chi connectivity index (χ1n) is 7.56. The van der Waals surface area contributed by atoms with E-state index in [4.69, 9.17) is 4.74 Å². The molecule has 0 aromatic heterocycles. The Morgan fingerprint density at radius 2 is 2.05 bits per heavy atom. The van der Waals surface area contributed by atoms with Gasteiger partial charge < -0.3 is 15.0 Å². The second-order valence-electron chi connectivity index (χ2n) is 6.63. The summed E-state index contributed by atoms with van der Waals surface area (Å²) in [6.07, 6.45) is 1.82. The number of carbonyl (C=O) groups is 2. The number of ether oxygens (including phenoxy) is 1. The summed E-state index contributed by atoms with van der Waals surface area (Å²) in [4.78, 5) is 25.9. The summed E-state index contributed by atoms with van der Waals surface area (Å²) in [5.74, 6) is -0.0505. The van der Waals surface area contributed by atoms with Gasteiger partial charge in [0.25, 0.3) is 5.91 Å². The lowest BCUT2D eigenvalue weighted by Gasteiger charge is -2.30. The van der Waals surface area contributed by atoms with E-state index >= 15 is 0 Å². The zero-order chi connectivity index (χ0) is 16.3. The van der Waals surface area contributed by atoms with Crippen LogP contribution in [-0.4, -0.2) is 32.1 Å². The van der Waals surface area contributed by atoms with Crippen molar-refractivity contribution in [1.29, 1.82) is 0 Å². The lowest BCUT2D eigenvalue weighted by atomic mass is 9.95. The van der Waals surface area contributed by atoms with Crippen molar-refractivity contribution in [3.05, 3.63) is 23.8 Å². The molecule has 1 aromatic rings. The number of hydrogen-bond acceptors (Lipinski definition) is 3. The van der Waals surface area contributed by atoms with Crippen molar-refractivity contribution in [2.45, 2.75) is 33.6 Å². The molecule has 0 bridgehead atoms. The van der Waals surface area contributed by atoms with Gasteiger partial charge in [0, 0.05) is 30.4 Å². The molecule has 1 aliphatic rings. The smallest absolute Gasteiger partial charge is 0.252 e. The second kappa shape index (κ2) is 6.48. The minimum absolute atomic E-state index is 0.0180. The predicted molar refractivity (Wildman–Crippen MR) is 87.1 cm³/mol. The van der Waals surface area contributed by atoms with E-state index < -0.39 is 5.41 Å². The highest BCUT2D eigenvalue weighted by Crippen LogP contribution is 2.30. The number of amides is 2. The number of fused-ring (bicyclic) bond motifs is 1. The summed E-state index contributed by atoms with van der Waals surface area (Å²) >= 11 is 0. The highest BCUT2D eigenvalue weighted by molar-refractivity contribution is 5.97. The van der Waals surface area contributed by atoms with Crippen LogP contribution in [0.2, 0.25) is 0 Å². The Hall–Kier alpha value is -1.88. The number of hydrogen-bond donors (Lipinski definition) is 1. The molecule has 5 heteroatoms. The van der Waals surface area contributed by atoms with Crippen LogP contribution in [-0.2, 0) is 20.7 Å². The topological polar surface area (TPSA) is 58.6 Å². The Morgan fingerprint density at radius 1 is 1.32 bits per heavy atom. The van der Waals surface area contributed by atoms with Crippen LogP contribution in [0.4, 0.5) is 11.4 Å². The minimum Gasteiger partial charge on any atom is -0.375 e. The number of benzene rings is 1. The summed E-state index contributed by atoms with van der Waals surface area (Å²) in [7, 11) is 1.52. The van der Waals surface area contributed by atoms with Crippen molar-refractivity contribution in [2.24, 2.45) is 5.41 Å². The normalized spacial score (nSPS) is 14.5. The first-order valence-corrected chi connectivity index (χ1v) is 7.56. The fourth-order valence-corrected chi connectivity index (χ4v) is 2.45. The van der Waals surface area contributed by atoms with Crippen LogP contribution >= 0.6 is 0 Å². The van der Waals surface area contributed by atoms with E-state index in [0.717, 1.165) is 29.8 Å². The van der Waals surface area contributed by atoms with Crippen LogP contribution in [0.1, 0.15) is 32.8 Å². The van der Waals surface area contributed by atoms with Gasteiger partial charge in [-0.2, -0.15) is 0 Å². The third-order valence-corrected chi connectivity index (χ3v) is 3.71. The van der Waals surface area contributed by atoms with Crippen LogP contribution in [0, 0.1) is 5.41 Å². The van der Waals surface area contributed by atoms with Crippen molar-refractivity contribution < 1.29 is 14.3 Å². The van der Waals surface area contributed by atoms with E-state index in [9.17, 15) is 9.59 Å². The Bertz CT molecular complexity index is 576. The summed E-state index contributed by atoms with van der Waals surface area (Å²) in [5, 5.41) is 2.93. The molecule has 1 aliphatic heterocycles. The molecule has 1 heterocycles. The molecular weight excluding hydrogens is 280 g/mol. The summed E-state index contributed by atoms with van der Waals surface area (Å²) in [6.45, 7) is 6.44. The Labute approximate surface area is 131 Å². The SMILES string of the molecule is COCC(=O)N1CCCc2cc(NC(=O)C(C)(C)C)ccc21. The first-order chi connectivity index (χ1) is 10.3.